The smallest absolute Gasteiger partial charge is 0.412 e. The van der Waals surface area contributed by atoms with Crippen molar-refractivity contribution in [2.24, 2.45) is 0 Å². The Hall–Kier alpha value is -2.93. The molecule has 1 heterocycles. The first-order valence-electron chi connectivity index (χ1n) is 10.4. The summed E-state index contributed by atoms with van der Waals surface area (Å²) < 4.78 is 16.3. The first kappa shape index (κ1) is 24.7. The third-order valence-electron chi connectivity index (χ3n) is 4.55. The van der Waals surface area contributed by atoms with E-state index in [-0.39, 0.29) is 12.1 Å². The maximum Gasteiger partial charge on any atom is 0.412 e. The first-order chi connectivity index (χ1) is 15.6. The molecule has 0 aliphatic carbocycles. The van der Waals surface area contributed by atoms with E-state index in [1.165, 1.54) is 0 Å². The van der Waals surface area contributed by atoms with Crippen LogP contribution in [0.2, 0.25) is 0 Å². The monoisotopic (exact) mass is 486 g/mol. The molecule has 0 fully saturated rings. The molecule has 0 aliphatic rings. The number of aryl methyl sites for hydroxylation is 1. The molecule has 0 bridgehead atoms. The Morgan fingerprint density at radius 3 is 2.36 bits per heavy atom. The third-order valence-corrected chi connectivity index (χ3v) is 6.15. The minimum atomic E-state index is -2.52. The molecule has 0 radical (unpaired) electrons. The zero-order chi connectivity index (χ0) is 24.0. The van der Waals surface area contributed by atoms with Crippen LogP contribution in [0.5, 0.6) is 0 Å². The Morgan fingerprint density at radius 1 is 1.03 bits per heavy atom. The average Bonchev–Trinajstić information content (AvgIpc) is 3.27. The number of hydrogen-bond acceptors (Lipinski definition) is 5. The molecular weight excluding hydrogens is 459 g/mol. The minimum Gasteiger partial charge on any atom is -0.444 e. The Bertz CT molecular complexity index is 1140. The van der Waals surface area contributed by atoms with Gasteiger partial charge in [0.15, 0.2) is 8.03 Å². The molecule has 7 nitrogen and oxygen atoms in total. The quantitative estimate of drug-likeness (QED) is 0.354. The lowest BCUT2D eigenvalue weighted by Crippen LogP contribution is -2.27. The summed E-state index contributed by atoms with van der Waals surface area (Å²) in [4.78, 5) is 35.3. The summed E-state index contributed by atoms with van der Waals surface area (Å²) in [6.45, 7) is 5.33. The Morgan fingerprint density at radius 2 is 1.76 bits per heavy atom. The minimum absolute atomic E-state index is 0.214. The standard InChI is InChI=1S/C24H27N2O5PS/c1-24(2,3)31-23(28)26-19-11-10-18(21-5-4-14-33-21)15-20(19)25-22(27)17-8-6-16(7-9-17)12-13-32(29)30/h4-11,14-15,32H,12-13H2,1-3H3,(H,25,27)(H,26,28)(H,29,30). The van der Waals surface area contributed by atoms with Gasteiger partial charge in [0, 0.05) is 16.6 Å². The summed E-state index contributed by atoms with van der Waals surface area (Å²) in [5.74, 6) is -0.340. The number of benzene rings is 2. The van der Waals surface area contributed by atoms with Crippen LogP contribution in [0.15, 0.2) is 60.0 Å². The van der Waals surface area contributed by atoms with Gasteiger partial charge in [0.2, 0.25) is 0 Å². The van der Waals surface area contributed by atoms with Gasteiger partial charge in [-0.1, -0.05) is 24.3 Å². The summed E-state index contributed by atoms with van der Waals surface area (Å²) in [5, 5.41) is 7.56. The van der Waals surface area contributed by atoms with Crippen molar-refractivity contribution < 1.29 is 23.8 Å². The second-order valence-electron chi connectivity index (χ2n) is 8.41. The maximum absolute atomic E-state index is 12.9. The van der Waals surface area contributed by atoms with E-state index in [1.54, 1.807) is 62.4 Å². The fourth-order valence-corrected chi connectivity index (χ4v) is 4.26. The number of nitrogens with one attached hydrogen (secondary N) is 2. The van der Waals surface area contributed by atoms with Gasteiger partial charge in [0.1, 0.15) is 5.60 Å². The molecule has 1 unspecified atom stereocenters. The highest BCUT2D eigenvalue weighted by Crippen LogP contribution is 2.32. The van der Waals surface area contributed by atoms with Crippen LogP contribution in [0, 0.1) is 0 Å². The number of hydrogen-bond donors (Lipinski definition) is 3. The van der Waals surface area contributed by atoms with Gasteiger partial charge in [-0.15, -0.1) is 11.3 Å². The van der Waals surface area contributed by atoms with Crippen LogP contribution in [-0.2, 0) is 15.7 Å². The van der Waals surface area contributed by atoms with Crippen molar-refractivity contribution in [3.63, 3.8) is 0 Å². The summed E-state index contributed by atoms with van der Waals surface area (Å²) in [5.41, 5.74) is 2.42. The molecule has 0 saturated heterocycles. The van der Waals surface area contributed by atoms with Crippen molar-refractivity contribution in [3.05, 3.63) is 71.1 Å². The van der Waals surface area contributed by atoms with Gasteiger partial charge in [-0.3, -0.25) is 14.7 Å². The van der Waals surface area contributed by atoms with Crippen molar-refractivity contribution >= 4 is 42.7 Å². The number of anilines is 2. The molecule has 33 heavy (non-hydrogen) atoms. The lowest BCUT2D eigenvalue weighted by molar-refractivity contribution is 0.0635. The summed E-state index contributed by atoms with van der Waals surface area (Å²) in [6.07, 6.45) is 0.0726. The molecule has 174 valence electrons. The Balaban J connectivity index is 1.82. The molecule has 9 heteroatoms. The molecule has 1 aromatic heterocycles. The lowest BCUT2D eigenvalue weighted by Gasteiger charge is -2.21. The Labute approximate surface area is 197 Å². The predicted molar refractivity (Wildman–Crippen MR) is 134 cm³/mol. The van der Waals surface area contributed by atoms with Crippen molar-refractivity contribution in [2.75, 3.05) is 16.8 Å². The molecule has 1 atom stereocenters. The van der Waals surface area contributed by atoms with Gasteiger partial charge < -0.3 is 14.9 Å². The number of ether oxygens (including phenoxy) is 1. The van der Waals surface area contributed by atoms with Crippen LogP contribution < -0.4 is 10.6 Å². The van der Waals surface area contributed by atoms with E-state index in [4.69, 9.17) is 9.63 Å². The average molecular weight is 487 g/mol. The normalized spacial score (nSPS) is 12.1. The summed E-state index contributed by atoms with van der Waals surface area (Å²) in [7, 11) is -2.52. The number of carbonyl (C=O) groups excluding carboxylic acids is 2. The van der Waals surface area contributed by atoms with Crippen molar-refractivity contribution in [1.82, 2.24) is 0 Å². The molecular formula is C24H27N2O5PS. The van der Waals surface area contributed by atoms with Gasteiger partial charge >= 0.3 is 6.09 Å². The molecule has 0 saturated carbocycles. The van der Waals surface area contributed by atoms with E-state index in [0.29, 0.717) is 23.4 Å². The third kappa shape index (κ3) is 7.56. The maximum atomic E-state index is 12.9. The number of thiophene rings is 1. The van der Waals surface area contributed by atoms with Crippen LogP contribution in [0.4, 0.5) is 16.2 Å². The number of carbonyl (C=O) groups is 2. The molecule has 0 aliphatic heterocycles. The van der Waals surface area contributed by atoms with E-state index in [2.05, 4.69) is 10.6 Å². The number of rotatable bonds is 7. The SMILES string of the molecule is CC(C)(C)OC(=O)Nc1ccc(-c2cccs2)cc1NC(=O)c1ccc(CC[PH](=O)O)cc1. The van der Waals surface area contributed by atoms with Crippen molar-refractivity contribution in [2.45, 2.75) is 32.8 Å². The van der Waals surface area contributed by atoms with E-state index in [1.807, 2.05) is 29.6 Å². The zero-order valence-electron chi connectivity index (χ0n) is 18.7. The summed E-state index contributed by atoms with van der Waals surface area (Å²) in [6, 6.07) is 16.2. The van der Waals surface area contributed by atoms with E-state index in [0.717, 1.165) is 16.0 Å². The van der Waals surface area contributed by atoms with Gasteiger partial charge in [0.05, 0.1) is 11.4 Å². The van der Waals surface area contributed by atoms with Crippen LogP contribution >= 0.6 is 19.4 Å². The molecule has 2 amide bonds. The van der Waals surface area contributed by atoms with Crippen molar-refractivity contribution in [1.29, 1.82) is 0 Å². The largest absolute Gasteiger partial charge is 0.444 e. The fraction of sp³-hybridized carbons (Fsp3) is 0.250. The van der Waals surface area contributed by atoms with E-state index in [9.17, 15) is 14.2 Å². The predicted octanol–water partition coefficient (Wildman–Crippen LogP) is 6.02. The summed E-state index contributed by atoms with van der Waals surface area (Å²) >= 11 is 1.57. The highest BCUT2D eigenvalue weighted by Gasteiger charge is 2.18. The molecule has 2 aromatic carbocycles. The molecule has 3 N–H and O–H groups in total. The molecule has 3 rings (SSSR count). The van der Waals surface area contributed by atoms with Gasteiger partial charge in [-0.2, -0.15) is 0 Å². The molecule has 3 aromatic rings. The van der Waals surface area contributed by atoms with Gasteiger partial charge in [-0.25, -0.2) is 4.79 Å². The van der Waals surface area contributed by atoms with Crippen LogP contribution in [-0.4, -0.2) is 28.7 Å². The zero-order valence-corrected chi connectivity index (χ0v) is 20.5. The second-order valence-corrected chi connectivity index (χ2v) is 10.6. The van der Waals surface area contributed by atoms with E-state index >= 15 is 0 Å². The van der Waals surface area contributed by atoms with Crippen molar-refractivity contribution in [3.8, 4) is 10.4 Å². The highest BCUT2D eigenvalue weighted by molar-refractivity contribution is 7.37. The lowest BCUT2D eigenvalue weighted by atomic mass is 10.1. The van der Waals surface area contributed by atoms with Crippen LogP contribution in [0.25, 0.3) is 10.4 Å². The second kappa shape index (κ2) is 10.8. The Kier molecular flexibility index (Phi) is 8.08. The fourth-order valence-electron chi connectivity index (χ4n) is 3.03. The first-order valence-corrected chi connectivity index (χ1v) is 12.8. The van der Waals surface area contributed by atoms with Crippen LogP contribution in [0.1, 0.15) is 36.7 Å². The van der Waals surface area contributed by atoms with Gasteiger partial charge in [0.25, 0.3) is 5.91 Å². The van der Waals surface area contributed by atoms with Crippen LogP contribution in [0.3, 0.4) is 0 Å². The number of amides is 2. The highest BCUT2D eigenvalue weighted by atomic mass is 32.1. The van der Waals surface area contributed by atoms with E-state index < -0.39 is 19.7 Å². The molecule has 0 spiro atoms. The topological polar surface area (TPSA) is 105 Å². The van der Waals surface area contributed by atoms with Gasteiger partial charge in [-0.05, 0) is 74.0 Å².